The van der Waals surface area contributed by atoms with Crippen molar-refractivity contribution in [2.45, 2.75) is 38.6 Å². The molecule has 1 heterocycles. The summed E-state index contributed by atoms with van der Waals surface area (Å²) in [6.07, 6.45) is 3.34. The molecule has 4 nitrogen and oxygen atoms in total. The summed E-state index contributed by atoms with van der Waals surface area (Å²) in [5.74, 6) is -0.188. The summed E-state index contributed by atoms with van der Waals surface area (Å²) in [7, 11) is 0. The molecule has 1 saturated heterocycles. The van der Waals surface area contributed by atoms with Crippen molar-refractivity contribution in [2.75, 3.05) is 19.7 Å². The van der Waals surface area contributed by atoms with Crippen molar-refractivity contribution in [1.29, 1.82) is 0 Å². The van der Waals surface area contributed by atoms with Crippen molar-refractivity contribution >= 4 is 5.97 Å². The highest BCUT2D eigenvalue weighted by Crippen LogP contribution is 2.21. The number of piperidine rings is 1. The smallest absolute Gasteiger partial charge is 0.304 e. The predicted molar refractivity (Wildman–Crippen MR) is 57.7 cm³/mol. The van der Waals surface area contributed by atoms with Crippen LogP contribution in [0.25, 0.3) is 0 Å². The third kappa shape index (κ3) is 4.18. The van der Waals surface area contributed by atoms with E-state index in [1.54, 1.807) is 0 Å². The number of nitrogens with zero attached hydrogens (tertiary/aromatic N) is 1. The molecule has 1 aliphatic rings. The molecule has 2 unspecified atom stereocenters. The summed E-state index contributed by atoms with van der Waals surface area (Å²) in [4.78, 5) is 12.8. The van der Waals surface area contributed by atoms with Gasteiger partial charge in [0.2, 0.25) is 0 Å². The molecule has 88 valence electrons. The zero-order valence-electron chi connectivity index (χ0n) is 9.35. The summed E-state index contributed by atoms with van der Waals surface area (Å²) < 4.78 is 0. The maximum Gasteiger partial charge on any atom is 0.304 e. The number of carboxylic acids is 1. The number of likely N-dealkylation sites (tertiary alicyclic amines) is 1. The van der Waals surface area contributed by atoms with Crippen LogP contribution in [-0.2, 0) is 4.79 Å². The molecule has 0 amide bonds. The van der Waals surface area contributed by atoms with Gasteiger partial charge in [-0.3, -0.25) is 9.69 Å². The van der Waals surface area contributed by atoms with Crippen LogP contribution < -0.4 is 0 Å². The van der Waals surface area contributed by atoms with Crippen LogP contribution in [0.15, 0.2) is 0 Å². The van der Waals surface area contributed by atoms with Crippen LogP contribution in [0.1, 0.15) is 32.6 Å². The van der Waals surface area contributed by atoms with Crippen LogP contribution in [0.2, 0.25) is 0 Å². The number of aliphatic hydroxyl groups excluding tert-OH is 1. The van der Waals surface area contributed by atoms with Crippen LogP contribution in [0.3, 0.4) is 0 Å². The minimum absolute atomic E-state index is 0.115. The molecule has 0 bridgehead atoms. The van der Waals surface area contributed by atoms with Crippen LogP contribution in [0.4, 0.5) is 0 Å². The van der Waals surface area contributed by atoms with Gasteiger partial charge in [0.05, 0.1) is 6.42 Å². The lowest BCUT2D eigenvalue weighted by Crippen LogP contribution is -2.42. The molecule has 2 atom stereocenters. The molecule has 0 radical (unpaired) electrons. The molecule has 0 saturated carbocycles. The van der Waals surface area contributed by atoms with Gasteiger partial charge >= 0.3 is 5.97 Å². The van der Waals surface area contributed by atoms with Crippen molar-refractivity contribution in [3.8, 4) is 0 Å². The maximum absolute atomic E-state index is 10.6. The van der Waals surface area contributed by atoms with E-state index in [2.05, 4.69) is 4.90 Å². The Morgan fingerprint density at radius 1 is 1.60 bits per heavy atom. The van der Waals surface area contributed by atoms with Crippen molar-refractivity contribution in [1.82, 2.24) is 4.90 Å². The zero-order chi connectivity index (χ0) is 11.3. The van der Waals surface area contributed by atoms with Gasteiger partial charge in [0.15, 0.2) is 0 Å². The highest BCUT2D eigenvalue weighted by atomic mass is 16.4. The Hall–Kier alpha value is -0.610. The first-order valence-electron chi connectivity index (χ1n) is 5.70. The third-order valence-electron chi connectivity index (χ3n) is 3.18. The van der Waals surface area contributed by atoms with E-state index in [9.17, 15) is 4.79 Å². The fraction of sp³-hybridized carbons (Fsp3) is 0.909. The Bertz CT molecular complexity index is 206. The number of aliphatic hydroxyl groups is 1. The second kappa shape index (κ2) is 6.08. The standard InChI is InChI=1S/C11H21NO3/c1-9(7-11(14)15)12-5-2-3-10(8-12)4-6-13/h9-10,13H,2-8H2,1H3,(H,14,15). The summed E-state index contributed by atoms with van der Waals surface area (Å²) in [5.41, 5.74) is 0. The van der Waals surface area contributed by atoms with E-state index in [0.717, 1.165) is 32.4 Å². The first-order valence-corrected chi connectivity index (χ1v) is 5.70. The van der Waals surface area contributed by atoms with Crippen LogP contribution >= 0.6 is 0 Å². The Kier molecular flexibility index (Phi) is 5.05. The number of aliphatic carboxylic acids is 1. The Balaban J connectivity index is 2.37. The molecule has 1 fully saturated rings. The van der Waals surface area contributed by atoms with Crippen molar-refractivity contribution in [3.63, 3.8) is 0 Å². The van der Waals surface area contributed by atoms with Crippen molar-refractivity contribution in [2.24, 2.45) is 5.92 Å². The van der Waals surface area contributed by atoms with Gasteiger partial charge in [-0.05, 0) is 38.6 Å². The van der Waals surface area contributed by atoms with Gasteiger partial charge in [0.25, 0.3) is 0 Å². The van der Waals surface area contributed by atoms with E-state index in [0.29, 0.717) is 5.92 Å². The predicted octanol–water partition coefficient (Wildman–Crippen LogP) is 0.944. The summed E-state index contributed by atoms with van der Waals surface area (Å²) in [6.45, 7) is 4.15. The molecule has 0 spiro atoms. The van der Waals surface area contributed by atoms with Gasteiger partial charge in [0.1, 0.15) is 0 Å². The van der Waals surface area contributed by atoms with E-state index < -0.39 is 5.97 Å². The molecule has 1 aliphatic heterocycles. The highest BCUT2D eigenvalue weighted by Gasteiger charge is 2.24. The van der Waals surface area contributed by atoms with Crippen LogP contribution in [-0.4, -0.2) is 46.8 Å². The maximum atomic E-state index is 10.6. The average Bonchev–Trinajstić information content (AvgIpc) is 2.17. The monoisotopic (exact) mass is 215 g/mol. The summed E-state index contributed by atoms with van der Waals surface area (Å²) in [6, 6.07) is 0.115. The topological polar surface area (TPSA) is 60.8 Å². The zero-order valence-corrected chi connectivity index (χ0v) is 9.35. The van der Waals surface area contributed by atoms with E-state index in [1.165, 1.54) is 0 Å². The number of hydrogen-bond donors (Lipinski definition) is 2. The van der Waals surface area contributed by atoms with E-state index >= 15 is 0 Å². The first-order chi connectivity index (χ1) is 7.13. The molecular weight excluding hydrogens is 194 g/mol. The van der Waals surface area contributed by atoms with E-state index in [4.69, 9.17) is 10.2 Å². The summed E-state index contributed by atoms with van der Waals surface area (Å²) in [5, 5.41) is 17.6. The lowest BCUT2D eigenvalue weighted by Gasteiger charge is -2.36. The largest absolute Gasteiger partial charge is 0.481 e. The van der Waals surface area contributed by atoms with Gasteiger partial charge < -0.3 is 10.2 Å². The van der Waals surface area contributed by atoms with Crippen LogP contribution in [0.5, 0.6) is 0 Å². The normalized spacial score (nSPS) is 25.1. The molecule has 1 rings (SSSR count). The van der Waals surface area contributed by atoms with Crippen LogP contribution in [0, 0.1) is 5.92 Å². The second-order valence-electron chi connectivity index (χ2n) is 4.46. The third-order valence-corrected chi connectivity index (χ3v) is 3.18. The fourth-order valence-electron chi connectivity index (χ4n) is 2.30. The number of hydrogen-bond acceptors (Lipinski definition) is 3. The van der Waals surface area contributed by atoms with Crippen molar-refractivity contribution < 1.29 is 15.0 Å². The number of carboxylic acid groups (broad SMARTS) is 1. The Morgan fingerprint density at radius 3 is 2.93 bits per heavy atom. The molecular formula is C11H21NO3. The quantitative estimate of drug-likeness (QED) is 0.716. The van der Waals surface area contributed by atoms with Gasteiger partial charge in [-0.25, -0.2) is 0 Å². The summed E-state index contributed by atoms with van der Waals surface area (Å²) >= 11 is 0. The molecule has 2 N–H and O–H groups in total. The van der Waals surface area contributed by atoms with Gasteiger partial charge in [-0.2, -0.15) is 0 Å². The molecule has 0 aromatic heterocycles. The lowest BCUT2D eigenvalue weighted by atomic mass is 9.94. The molecule has 0 aromatic carbocycles. The number of rotatable bonds is 5. The minimum Gasteiger partial charge on any atom is -0.481 e. The SMILES string of the molecule is CC(CC(=O)O)N1CCCC(CCO)C1. The number of carbonyl (C=O) groups is 1. The second-order valence-corrected chi connectivity index (χ2v) is 4.46. The Labute approximate surface area is 90.9 Å². The minimum atomic E-state index is -0.730. The van der Waals surface area contributed by atoms with Gasteiger partial charge in [-0.15, -0.1) is 0 Å². The average molecular weight is 215 g/mol. The van der Waals surface area contributed by atoms with Gasteiger partial charge in [0, 0.05) is 19.2 Å². The molecule has 4 heteroatoms. The van der Waals surface area contributed by atoms with Gasteiger partial charge in [-0.1, -0.05) is 0 Å². The van der Waals surface area contributed by atoms with E-state index in [-0.39, 0.29) is 19.1 Å². The fourth-order valence-corrected chi connectivity index (χ4v) is 2.30. The lowest BCUT2D eigenvalue weighted by molar-refractivity contribution is -0.138. The molecule has 0 aliphatic carbocycles. The van der Waals surface area contributed by atoms with E-state index in [1.807, 2.05) is 6.92 Å². The molecule has 0 aromatic rings. The van der Waals surface area contributed by atoms with Crippen molar-refractivity contribution in [3.05, 3.63) is 0 Å². The molecule has 15 heavy (non-hydrogen) atoms. The first kappa shape index (κ1) is 12.5. The Morgan fingerprint density at radius 2 is 2.33 bits per heavy atom. The highest BCUT2D eigenvalue weighted by molar-refractivity contribution is 5.67.